The molecule has 1 atom stereocenters. The van der Waals surface area contributed by atoms with Crippen molar-refractivity contribution in [1.29, 1.82) is 0 Å². The Labute approximate surface area is 136 Å². The average Bonchev–Trinajstić information content (AvgIpc) is 2.80. The van der Waals surface area contributed by atoms with Gasteiger partial charge in [-0.1, -0.05) is 31.5 Å². The van der Waals surface area contributed by atoms with Crippen molar-refractivity contribution in [3.8, 4) is 0 Å². The lowest BCUT2D eigenvalue weighted by molar-refractivity contribution is -0.297. The molecule has 0 aliphatic carbocycles. The molecule has 1 aliphatic heterocycles. The van der Waals surface area contributed by atoms with Gasteiger partial charge in [-0.25, -0.2) is 0 Å². The van der Waals surface area contributed by atoms with Crippen LogP contribution in [-0.2, 0) is 0 Å². The van der Waals surface area contributed by atoms with Gasteiger partial charge in [-0.2, -0.15) is 23.3 Å². The van der Waals surface area contributed by atoms with Gasteiger partial charge in [0.25, 0.3) is 11.6 Å². The Kier molecular flexibility index (Phi) is 4.47. The number of alkyl halides is 3. The van der Waals surface area contributed by atoms with Crippen LogP contribution < -0.4 is 0 Å². The van der Waals surface area contributed by atoms with Crippen LogP contribution in [0.15, 0.2) is 23.3 Å². The van der Waals surface area contributed by atoms with Crippen molar-refractivity contribution in [3.63, 3.8) is 0 Å². The minimum Gasteiger partial charge on any atom is -0.362 e. The summed E-state index contributed by atoms with van der Waals surface area (Å²) >= 11 is 5.91. The Bertz CT molecular complexity index is 673. The molecule has 0 bridgehead atoms. The maximum atomic E-state index is 13.3. The van der Waals surface area contributed by atoms with Crippen LogP contribution in [0.1, 0.15) is 36.2 Å². The van der Waals surface area contributed by atoms with Gasteiger partial charge in [0.15, 0.2) is 0 Å². The number of carbonyl (C=O) groups excluding carboxylic acids is 1. The van der Waals surface area contributed by atoms with E-state index in [0.29, 0.717) is 5.56 Å². The number of hydrogen-bond donors (Lipinski definition) is 1. The van der Waals surface area contributed by atoms with Gasteiger partial charge in [0, 0.05) is 22.7 Å². The van der Waals surface area contributed by atoms with Gasteiger partial charge >= 0.3 is 6.18 Å². The molecule has 0 spiro atoms. The van der Waals surface area contributed by atoms with Crippen molar-refractivity contribution in [3.05, 3.63) is 34.3 Å². The number of nitrogens with zero attached hydrogens (tertiary/aromatic N) is 2. The predicted octanol–water partition coefficient (Wildman–Crippen LogP) is 3.76. The number of aliphatic hydroxyl groups is 1. The highest BCUT2D eigenvalue weighted by molar-refractivity contribution is 6.31. The predicted molar refractivity (Wildman–Crippen MR) is 80.3 cm³/mol. The van der Waals surface area contributed by atoms with E-state index < -0.39 is 24.2 Å². The number of aryl methyl sites for hydroxylation is 1. The number of hydrazone groups is 1. The zero-order valence-corrected chi connectivity index (χ0v) is 13.5. The second-order valence-corrected chi connectivity index (χ2v) is 6.23. The maximum absolute atomic E-state index is 13.3. The van der Waals surface area contributed by atoms with Crippen LogP contribution in [0.4, 0.5) is 13.2 Å². The number of carbonyl (C=O) groups is 1. The third-order valence-corrected chi connectivity index (χ3v) is 4.15. The molecule has 0 radical (unpaired) electrons. The first-order valence-electron chi connectivity index (χ1n) is 6.94. The molecule has 8 heteroatoms. The molecule has 2 rings (SSSR count). The molecule has 1 N–H and O–H groups in total. The third kappa shape index (κ3) is 3.07. The largest absolute Gasteiger partial charge is 0.438 e. The molecule has 23 heavy (non-hydrogen) atoms. The summed E-state index contributed by atoms with van der Waals surface area (Å²) in [4.78, 5) is 12.4. The highest BCUT2D eigenvalue weighted by Gasteiger charge is 2.63. The lowest BCUT2D eigenvalue weighted by atomic mass is 9.98. The van der Waals surface area contributed by atoms with Crippen molar-refractivity contribution in [2.75, 3.05) is 0 Å². The lowest BCUT2D eigenvalue weighted by Gasteiger charge is -2.32. The van der Waals surface area contributed by atoms with Crippen molar-refractivity contribution >= 4 is 23.2 Å². The molecule has 0 saturated carbocycles. The molecule has 0 aromatic heterocycles. The van der Waals surface area contributed by atoms with Gasteiger partial charge in [0.2, 0.25) is 0 Å². The van der Waals surface area contributed by atoms with E-state index >= 15 is 0 Å². The van der Waals surface area contributed by atoms with Crippen molar-refractivity contribution in [2.45, 2.75) is 39.1 Å². The molecular weight excluding hydrogens is 333 g/mol. The monoisotopic (exact) mass is 348 g/mol. The van der Waals surface area contributed by atoms with Crippen LogP contribution in [0.3, 0.4) is 0 Å². The number of amides is 1. The first-order chi connectivity index (χ1) is 10.5. The molecule has 1 aliphatic rings. The first kappa shape index (κ1) is 17.7. The second kappa shape index (κ2) is 5.79. The van der Waals surface area contributed by atoms with Crippen LogP contribution in [-0.4, -0.2) is 33.6 Å². The summed E-state index contributed by atoms with van der Waals surface area (Å²) in [6.07, 6.45) is -5.79. The molecule has 0 unspecified atom stereocenters. The molecule has 1 aromatic rings. The summed E-state index contributed by atoms with van der Waals surface area (Å²) in [7, 11) is 0. The van der Waals surface area contributed by atoms with E-state index in [1.54, 1.807) is 20.8 Å². The number of halogens is 4. The Balaban J connectivity index is 2.47. The SMILES string of the molecule is Cc1ccc(C(=O)N2N=C(C(C)C)C[C@]2(O)C(F)(F)F)cc1Cl. The lowest BCUT2D eigenvalue weighted by Crippen LogP contribution is -2.56. The average molecular weight is 349 g/mol. The highest BCUT2D eigenvalue weighted by Crippen LogP contribution is 2.42. The van der Waals surface area contributed by atoms with Gasteiger partial charge in [0.05, 0.1) is 0 Å². The Morgan fingerprint density at radius 1 is 1.43 bits per heavy atom. The van der Waals surface area contributed by atoms with Crippen LogP contribution in [0.25, 0.3) is 0 Å². The summed E-state index contributed by atoms with van der Waals surface area (Å²) in [6.45, 7) is 4.99. The van der Waals surface area contributed by atoms with E-state index in [2.05, 4.69) is 5.10 Å². The zero-order chi connectivity index (χ0) is 17.6. The Hall–Kier alpha value is -1.60. The molecule has 126 valence electrons. The fourth-order valence-corrected chi connectivity index (χ4v) is 2.36. The fraction of sp³-hybridized carbons (Fsp3) is 0.467. The van der Waals surface area contributed by atoms with Gasteiger partial charge in [-0.05, 0) is 30.5 Å². The molecule has 4 nitrogen and oxygen atoms in total. The first-order valence-corrected chi connectivity index (χ1v) is 7.32. The second-order valence-electron chi connectivity index (χ2n) is 5.82. The van der Waals surface area contributed by atoms with Crippen LogP contribution in [0.2, 0.25) is 5.02 Å². The van der Waals surface area contributed by atoms with Gasteiger partial charge < -0.3 is 5.11 Å². The summed E-state index contributed by atoms with van der Waals surface area (Å²) < 4.78 is 39.9. The van der Waals surface area contributed by atoms with E-state index in [4.69, 9.17) is 11.6 Å². The van der Waals surface area contributed by atoms with Crippen molar-refractivity contribution in [2.24, 2.45) is 11.0 Å². The molecule has 1 amide bonds. The smallest absolute Gasteiger partial charge is 0.362 e. The van der Waals surface area contributed by atoms with Crippen molar-refractivity contribution < 1.29 is 23.1 Å². The molecule has 1 aromatic carbocycles. The van der Waals surface area contributed by atoms with Gasteiger partial charge in [-0.3, -0.25) is 4.79 Å². The van der Waals surface area contributed by atoms with Crippen molar-refractivity contribution in [1.82, 2.24) is 5.01 Å². The fourth-order valence-electron chi connectivity index (χ4n) is 2.18. The van der Waals surface area contributed by atoms with E-state index in [9.17, 15) is 23.1 Å². The minimum atomic E-state index is -5.03. The number of rotatable bonds is 2. The molecular formula is C15H16ClF3N2O2. The summed E-state index contributed by atoms with van der Waals surface area (Å²) in [5.74, 6) is -1.38. The summed E-state index contributed by atoms with van der Waals surface area (Å²) in [5, 5.41) is 14.2. The highest BCUT2D eigenvalue weighted by atomic mass is 35.5. The van der Waals surface area contributed by atoms with E-state index in [1.165, 1.54) is 18.2 Å². The molecule has 0 saturated heterocycles. The van der Waals surface area contributed by atoms with Gasteiger partial charge in [0.1, 0.15) is 0 Å². The summed E-state index contributed by atoms with van der Waals surface area (Å²) in [5.41, 5.74) is -2.63. The quantitative estimate of drug-likeness (QED) is 0.884. The Morgan fingerprint density at radius 3 is 2.52 bits per heavy atom. The van der Waals surface area contributed by atoms with Crippen LogP contribution in [0, 0.1) is 12.8 Å². The van der Waals surface area contributed by atoms with Crippen LogP contribution in [0.5, 0.6) is 0 Å². The molecule has 0 fully saturated rings. The standard InChI is InChI=1S/C15H16ClF3N2O2/c1-8(2)12-7-14(23,15(17,18)19)21(20-12)13(22)10-5-4-9(3)11(16)6-10/h4-6,8,23H,7H2,1-3H3/t14-/m0/s1. The Morgan fingerprint density at radius 2 is 2.04 bits per heavy atom. The minimum absolute atomic E-state index is 0.0722. The third-order valence-electron chi connectivity index (χ3n) is 3.74. The zero-order valence-electron chi connectivity index (χ0n) is 12.8. The van der Waals surface area contributed by atoms with E-state index in [1.807, 2.05) is 0 Å². The molecule has 1 heterocycles. The number of benzene rings is 1. The van der Waals surface area contributed by atoms with Gasteiger partial charge in [-0.15, -0.1) is 0 Å². The normalized spacial score (nSPS) is 21.8. The summed E-state index contributed by atoms with van der Waals surface area (Å²) in [6, 6.07) is 4.13. The number of hydrogen-bond acceptors (Lipinski definition) is 3. The topological polar surface area (TPSA) is 52.9 Å². The maximum Gasteiger partial charge on any atom is 0.438 e. The van der Waals surface area contributed by atoms with E-state index in [-0.39, 0.29) is 27.2 Å². The van der Waals surface area contributed by atoms with Crippen LogP contribution >= 0.6 is 11.6 Å². The van der Waals surface area contributed by atoms with E-state index in [0.717, 1.165) is 0 Å².